The summed E-state index contributed by atoms with van der Waals surface area (Å²) in [5.41, 5.74) is 3.51. The van der Waals surface area contributed by atoms with Crippen LogP contribution in [0, 0.1) is 6.92 Å². The van der Waals surface area contributed by atoms with Crippen molar-refractivity contribution in [3.05, 3.63) is 65.9 Å². The Balaban J connectivity index is 1.45. The first-order valence-corrected chi connectivity index (χ1v) is 11.3. The number of aryl methyl sites for hydroxylation is 1. The molecule has 1 aromatic heterocycles. The Hall–Kier alpha value is -3.01. The van der Waals surface area contributed by atoms with E-state index in [1.54, 1.807) is 17.6 Å². The lowest BCUT2D eigenvalue weighted by atomic mass is 10.1. The van der Waals surface area contributed by atoms with Crippen LogP contribution in [0.25, 0.3) is 10.9 Å². The molecule has 8 nitrogen and oxygen atoms in total. The number of sulfonamides is 1. The molecule has 0 aliphatic heterocycles. The number of rotatable bonds is 8. The van der Waals surface area contributed by atoms with Crippen molar-refractivity contribution in [1.29, 1.82) is 0 Å². The van der Waals surface area contributed by atoms with E-state index < -0.39 is 21.5 Å². The van der Waals surface area contributed by atoms with Gasteiger partial charge in [0.2, 0.25) is 15.9 Å². The number of nitrogens with zero attached hydrogens (tertiary/aromatic N) is 1. The number of aromatic nitrogens is 1. The number of hydrogen-bond donors (Lipinski definition) is 3. The van der Waals surface area contributed by atoms with Gasteiger partial charge in [-0.15, -0.1) is 0 Å². The van der Waals surface area contributed by atoms with Crippen LogP contribution >= 0.6 is 0 Å². The van der Waals surface area contributed by atoms with E-state index in [9.17, 15) is 13.2 Å². The highest BCUT2D eigenvalue weighted by molar-refractivity contribution is 7.89. The van der Waals surface area contributed by atoms with Gasteiger partial charge in [-0.1, -0.05) is 18.2 Å². The molecular formula is C22H23N3O5S. The summed E-state index contributed by atoms with van der Waals surface area (Å²) >= 11 is 0. The van der Waals surface area contributed by atoms with E-state index >= 15 is 0 Å². The lowest BCUT2D eigenvalue weighted by molar-refractivity contribution is -0.129. The first-order chi connectivity index (χ1) is 14.8. The van der Waals surface area contributed by atoms with Crippen molar-refractivity contribution in [2.24, 2.45) is 0 Å². The van der Waals surface area contributed by atoms with Gasteiger partial charge in [-0.05, 0) is 56.2 Å². The van der Waals surface area contributed by atoms with Crippen LogP contribution in [0.2, 0.25) is 0 Å². The van der Waals surface area contributed by atoms with Crippen LogP contribution in [-0.4, -0.2) is 30.1 Å². The molecule has 1 aliphatic carbocycles. The largest absolute Gasteiger partial charge is 0.489 e. The number of fused-ring (bicyclic) bond motifs is 1. The predicted molar refractivity (Wildman–Crippen MR) is 114 cm³/mol. The maximum atomic E-state index is 12.7. The molecule has 1 aliphatic rings. The summed E-state index contributed by atoms with van der Waals surface area (Å²) < 4.78 is 33.8. The van der Waals surface area contributed by atoms with Crippen LogP contribution in [0.1, 0.15) is 30.5 Å². The summed E-state index contributed by atoms with van der Waals surface area (Å²) in [6, 6.07) is 16.0. The molecule has 162 valence electrons. The molecule has 2 aromatic carbocycles. The average Bonchev–Trinajstić information content (AvgIpc) is 3.49. The topological polar surface area (TPSA) is 118 Å². The van der Waals surface area contributed by atoms with E-state index in [-0.39, 0.29) is 11.3 Å². The maximum Gasteiger partial charge on any atom is 0.245 e. The third-order valence-electron chi connectivity index (χ3n) is 5.29. The van der Waals surface area contributed by atoms with E-state index in [0.717, 1.165) is 22.2 Å². The molecule has 1 saturated carbocycles. The van der Waals surface area contributed by atoms with Crippen LogP contribution in [0.3, 0.4) is 0 Å². The molecule has 0 atom stereocenters. The Morgan fingerprint density at radius 1 is 1.16 bits per heavy atom. The molecule has 31 heavy (non-hydrogen) atoms. The number of nitrogens with one attached hydrogen (secondary N) is 2. The zero-order valence-electron chi connectivity index (χ0n) is 17.0. The molecule has 0 spiro atoms. The second-order valence-electron chi connectivity index (χ2n) is 7.80. The summed E-state index contributed by atoms with van der Waals surface area (Å²) in [4.78, 5) is 16.0. The fourth-order valence-electron chi connectivity index (χ4n) is 3.55. The number of amides is 1. The Morgan fingerprint density at radius 3 is 2.55 bits per heavy atom. The molecule has 1 heterocycles. The summed E-state index contributed by atoms with van der Waals surface area (Å²) in [5.74, 6) is -0.0823. The number of para-hydroxylation sites is 1. The number of hydroxylamine groups is 1. The summed E-state index contributed by atoms with van der Waals surface area (Å²) in [5, 5.41) is 9.70. The third-order valence-corrected chi connectivity index (χ3v) is 6.88. The SMILES string of the molecule is Cc1cc(COc2ccc(S(=O)(=O)NC3(CC(=O)NO)CC3)cc2)c2ccccc2n1. The molecular weight excluding hydrogens is 418 g/mol. The first-order valence-electron chi connectivity index (χ1n) is 9.85. The summed E-state index contributed by atoms with van der Waals surface area (Å²) in [7, 11) is -3.80. The number of ether oxygens (including phenoxy) is 1. The van der Waals surface area contributed by atoms with Crippen LogP contribution in [0.5, 0.6) is 5.75 Å². The zero-order chi connectivity index (χ0) is 22.1. The van der Waals surface area contributed by atoms with E-state index in [2.05, 4.69) is 9.71 Å². The fourth-order valence-corrected chi connectivity index (χ4v) is 5.01. The molecule has 0 unspecified atom stereocenters. The second-order valence-corrected chi connectivity index (χ2v) is 9.48. The molecule has 1 fully saturated rings. The number of carbonyl (C=O) groups is 1. The van der Waals surface area contributed by atoms with Crippen molar-refractivity contribution in [3.8, 4) is 5.75 Å². The standard InChI is InChI=1S/C22H23N3O5S/c1-15-12-16(19-4-2-3-5-20(19)23-15)14-30-17-6-8-18(9-7-17)31(28,29)25-22(10-11-22)13-21(26)24-27/h2-9,12,25,27H,10-11,13-14H2,1H3,(H,24,26). The van der Waals surface area contributed by atoms with Gasteiger partial charge in [-0.3, -0.25) is 15.0 Å². The highest BCUT2D eigenvalue weighted by Gasteiger charge is 2.47. The molecule has 3 aromatic rings. The molecule has 4 rings (SSSR count). The molecule has 3 N–H and O–H groups in total. The monoisotopic (exact) mass is 441 g/mol. The Kier molecular flexibility index (Phi) is 5.65. The van der Waals surface area contributed by atoms with Crippen molar-refractivity contribution in [3.63, 3.8) is 0 Å². The molecule has 0 radical (unpaired) electrons. The number of pyridine rings is 1. The van der Waals surface area contributed by atoms with Gasteiger partial charge < -0.3 is 4.74 Å². The smallest absolute Gasteiger partial charge is 0.245 e. The van der Waals surface area contributed by atoms with Gasteiger partial charge in [0, 0.05) is 28.6 Å². The third kappa shape index (κ3) is 4.84. The van der Waals surface area contributed by atoms with Crippen LogP contribution < -0.4 is 14.9 Å². The van der Waals surface area contributed by atoms with Crippen LogP contribution in [0.4, 0.5) is 0 Å². The van der Waals surface area contributed by atoms with E-state index in [0.29, 0.717) is 25.2 Å². The second kappa shape index (κ2) is 8.26. The minimum absolute atomic E-state index is 0.0840. The number of hydrogen-bond acceptors (Lipinski definition) is 6. The molecule has 1 amide bonds. The summed E-state index contributed by atoms with van der Waals surface area (Å²) in [6.07, 6.45) is 0.976. The van der Waals surface area contributed by atoms with Crippen LogP contribution in [-0.2, 0) is 21.4 Å². The quantitative estimate of drug-likeness (QED) is 0.365. The minimum Gasteiger partial charge on any atom is -0.489 e. The number of carbonyl (C=O) groups excluding carboxylic acids is 1. The van der Waals surface area contributed by atoms with Gasteiger partial charge >= 0.3 is 0 Å². The molecule has 9 heteroatoms. The maximum absolute atomic E-state index is 12.7. The van der Waals surface area contributed by atoms with Crippen LogP contribution in [0.15, 0.2) is 59.5 Å². The predicted octanol–water partition coefficient (Wildman–Crippen LogP) is 2.83. The van der Waals surface area contributed by atoms with Gasteiger partial charge in [-0.25, -0.2) is 18.6 Å². The van der Waals surface area contributed by atoms with E-state index in [1.165, 1.54) is 12.1 Å². The average molecular weight is 442 g/mol. The zero-order valence-corrected chi connectivity index (χ0v) is 17.8. The fraction of sp³-hybridized carbons (Fsp3) is 0.273. The lowest BCUT2D eigenvalue weighted by Gasteiger charge is -2.16. The number of benzene rings is 2. The minimum atomic E-state index is -3.80. The normalized spacial score (nSPS) is 14.9. The van der Waals surface area contributed by atoms with Gasteiger partial charge in [0.15, 0.2) is 0 Å². The summed E-state index contributed by atoms with van der Waals surface area (Å²) in [6.45, 7) is 2.26. The van der Waals surface area contributed by atoms with Crippen molar-refractivity contribution in [1.82, 2.24) is 15.2 Å². The Bertz CT molecular complexity index is 1220. The van der Waals surface area contributed by atoms with Gasteiger partial charge in [0.1, 0.15) is 12.4 Å². The van der Waals surface area contributed by atoms with Gasteiger partial charge in [0.05, 0.1) is 10.4 Å². The molecule has 0 saturated heterocycles. The highest BCUT2D eigenvalue weighted by atomic mass is 32.2. The molecule has 0 bridgehead atoms. The Labute approximate surface area is 180 Å². The lowest BCUT2D eigenvalue weighted by Crippen LogP contribution is -2.40. The van der Waals surface area contributed by atoms with Crippen molar-refractivity contribution in [2.45, 2.75) is 43.2 Å². The van der Waals surface area contributed by atoms with E-state index in [1.807, 2.05) is 37.3 Å². The van der Waals surface area contributed by atoms with Gasteiger partial charge in [0.25, 0.3) is 0 Å². The van der Waals surface area contributed by atoms with Crippen molar-refractivity contribution in [2.75, 3.05) is 0 Å². The van der Waals surface area contributed by atoms with Gasteiger partial charge in [-0.2, -0.15) is 0 Å². The van der Waals surface area contributed by atoms with Crippen molar-refractivity contribution >= 4 is 26.8 Å². The first kappa shape index (κ1) is 21.2. The highest BCUT2D eigenvalue weighted by Crippen LogP contribution is 2.40. The van der Waals surface area contributed by atoms with Crippen molar-refractivity contribution < 1.29 is 23.2 Å². The Morgan fingerprint density at radius 2 is 1.87 bits per heavy atom. The van der Waals surface area contributed by atoms with E-state index in [4.69, 9.17) is 9.94 Å².